The number of anilines is 1. The van der Waals surface area contributed by atoms with Crippen LogP contribution >= 0.6 is 11.3 Å². The molecule has 0 unspecified atom stereocenters. The number of aromatic nitrogens is 1. The summed E-state index contributed by atoms with van der Waals surface area (Å²) in [6.45, 7) is 1.55. The minimum absolute atomic E-state index is 0.165. The number of benzene rings is 3. The number of hydrogen-bond acceptors (Lipinski definition) is 7. The molecule has 33 heavy (non-hydrogen) atoms. The fourth-order valence-electron chi connectivity index (χ4n) is 3.24. The number of nitrogens with zero attached hydrogens (tertiary/aromatic N) is 2. The average Bonchev–Trinajstić information content (AvgIpc) is 3.21. The van der Waals surface area contributed by atoms with Crippen molar-refractivity contribution in [3.8, 4) is 10.6 Å². The van der Waals surface area contributed by atoms with Crippen molar-refractivity contribution in [3.05, 3.63) is 88.0 Å². The van der Waals surface area contributed by atoms with Crippen molar-refractivity contribution < 1.29 is 19.2 Å². The molecule has 0 aliphatic carbocycles. The monoisotopic (exact) mass is 461 g/mol. The van der Waals surface area contributed by atoms with Crippen molar-refractivity contribution in [2.75, 3.05) is 11.9 Å². The number of amides is 1. The van der Waals surface area contributed by atoms with Crippen LogP contribution in [0.4, 0.5) is 11.4 Å². The van der Waals surface area contributed by atoms with Gasteiger partial charge in [0.15, 0.2) is 6.61 Å². The minimum Gasteiger partial charge on any atom is -0.455 e. The zero-order valence-electron chi connectivity index (χ0n) is 17.6. The maximum absolute atomic E-state index is 12.1. The first-order valence-electron chi connectivity index (χ1n) is 10.0. The van der Waals surface area contributed by atoms with E-state index in [-0.39, 0.29) is 17.7 Å². The predicted octanol–water partition coefficient (Wildman–Crippen LogP) is 4.90. The van der Waals surface area contributed by atoms with E-state index in [1.807, 2.05) is 31.2 Å². The number of ether oxygens (including phenoxy) is 1. The SMILES string of the molecule is Cc1ccc2nc(-c3ccc(NC(=O)COC(=O)Cc4ccccc4[N+](=O)[O-])cc3)sc2c1. The summed E-state index contributed by atoms with van der Waals surface area (Å²) in [5.41, 5.74) is 3.67. The third-order valence-electron chi connectivity index (χ3n) is 4.85. The Balaban J connectivity index is 1.32. The first-order chi connectivity index (χ1) is 15.9. The van der Waals surface area contributed by atoms with Gasteiger partial charge in [-0.05, 0) is 48.9 Å². The van der Waals surface area contributed by atoms with Gasteiger partial charge in [-0.25, -0.2) is 4.98 Å². The predicted molar refractivity (Wildman–Crippen MR) is 126 cm³/mol. The first kappa shape index (κ1) is 22.1. The topological polar surface area (TPSA) is 111 Å². The molecule has 0 fully saturated rings. The van der Waals surface area contributed by atoms with Crippen LogP contribution in [0.25, 0.3) is 20.8 Å². The largest absolute Gasteiger partial charge is 0.455 e. The Hall–Kier alpha value is -4.11. The summed E-state index contributed by atoms with van der Waals surface area (Å²) in [6.07, 6.45) is -0.291. The van der Waals surface area contributed by atoms with Crippen molar-refractivity contribution in [1.82, 2.24) is 4.98 Å². The molecule has 0 aliphatic heterocycles. The molecule has 1 aromatic heterocycles. The summed E-state index contributed by atoms with van der Waals surface area (Å²) >= 11 is 1.60. The Morgan fingerprint density at radius 3 is 2.61 bits per heavy atom. The number of nitro benzene ring substituents is 1. The van der Waals surface area contributed by atoms with Crippen LogP contribution in [0.1, 0.15) is 11.1 Å². The van der Waals surface area contributed by atoms with Crippen LogP contribution in [0.3, 0.4) is 0 Å². The molecule has 3 aromatic carbocycles. The third kappa shape index (κ3) is 5.39. The Kier molecular flexibility index (Phi) is 6.41. The zero-order valence-corrected chi connectivity index (χ0v) is 18.4. The summed E-state index contributed by atoms with van der Waals surface area (Å²) in [6, 6.07) is 19.3. The van der Waals surface area contributed by atoms with Crippen molar-refractivity contribution >= 4 is 44.8 Å². The van der Waals surface area contributed by atoms with Crippen LogP contribution < -0.4 is 5.32 Å². The molecule has 0 atom stereocenters. The molecule has 8 nitrogen and oxygen atoms in total. The van der Waals surface area contributed by atoms with E-state index in [2.05, 4.69) is 16.4 Å². The van der Waals surface area contributed by atoms with Crippen LogP contribution in [-0.4, -0.2) is 28.4 Å². The Morgan fingerprint density at radius 2 is 1.85 bits per heavy atom. The number of nitro groups is 1. The second-order valence-electron chi connectivity index (χ2n) is 7.34. The smallest absolute Gasteiger partial charge is 0.311 e. The highest BCUT2D eigenvalue weighted by atomic mass is 32.1. The van der Waals surface area contributed by atoms with Crippen molar-refractivity contribution in [2.45, 2.75) is 13.3 Å². The molecule has 1 heterocycles. The molecule has 0 radical (unpaired) electrons. The number of thiazole rings is 1. The van der Waals surface area contributed by atoms with Gasteiger partial charge in [0.25, 0.3) is 11.6 Å². The van der Waals surface area contributed by atoms with Crippen molar-refractivity contribution in [2.24, 2.45) is 0 Å². The van der Waals surface area contributed by atoms with E-state index >= 15 is 0 Å². The second-order valence-corrected chi connectivity index (χ2v) is 8.37. The number of aryl methyl sites for hydroxylation is 1. The Bertz CT molecular complexity index is 1350. The average molecular weight is 461 g/mol. The highest BCUT2D eigenvalue weighted by Gasteiger charge is 2.17. The van der Waals surface area contributed by atoms with Gasteiger partial charge in [-0.1, -0.05) is 24.3 Å². The number of para-hydroxylation sites is 1. The number of fused-ring (bicyclic) bond motifs is 1. The van der Waals surface area contributed by atoms with E-state index in [1.54, 1.807) is 29.5 Å². The number of nitrogens with one attached hydrogen (secondary N) is 1. The second kappa shape index (κ2) is 9.58. The van der Waals surface area contributed by atoms with E-state index in [4.69, 9.17) is 4.74 Å². The fraction of sp³-hybridized carbons (Fsp3) is 0.125. The lowest BCUT2D eigenvalue weighted by molar-refractivity contribution is -0.385. The fourth-order valence-corrected chi connectivity index (χ4v) is 4.31. The summed E-state index contributed by atoms with van der Waals surface area (Å²) < 4.78 is 6.08. The van der Waals surface area contributed by atoms with Crippen LogP contribution in [0.2, 0.25) is 0 Å². The Labute approximate surface area is 193 Å². The quantitative estimate of drug-likeness (QED) is 0.238. The molecule has 1 N–H and O–H groups in total. The van der Waals surface area contributed by atoms with Crippen LogP contribution in [0.5, 0.6) is 0 Å². The van der Waals surface area contributed by atoms with Gasteiger partial charge in [0.2, 0.25) is 0 Å². The maximum Gasteiger partial charge on any atom is 0.311 e. The summed E-state index contributed by atoms with van der Waals surface area (Å²) in [5.74, 6) is -1.23. The van der Waals surface area contributed by atoms with E-state index < -0.39 is 23.4 Å². The van der Waals surface area contributed by atoms with E-state index in [0.717, 1.165) is 20.8 Å². The van der Waals surface area contributed by atoms with Crippen LogP contribution in [0, 0.1) is 17.0 Å². The molecule has 166 valence electrons. The lowest BCUT2D eigenvalue weighted by Gasteiger charge is -2.07. The summed E-state index contributed by atoms with van der Waals surface area (Å²) in [5, 5.41) is 14.6. The highest BCUT2D eigenvalue weighted by Crippen LogP contribution is 2.31. The summed E-state index contributed by atoms with van der Waals surface area (Å²) in [7, 11) is 0. The van der Waals surface area contributed by atoms with Gasteiger partial charge in [0.05, 0.1) is 21.6 Å². The lowest BCUT2D eigenvalue weighted by Crippen LogP contribution is -2.21. The van der Waals surface area contributed by atoms with Crippen LogP contribution in [-0.2, 0) is 20.7 Å². The van der Waals surface area contributed by atoms with E-state index in [1.165, 1.54) is 23.8 Å². The molecular formula is C24H19N3O5S. The number of hydrogen-bond donors (Lipinski definition) is 1. The number of carbonyl (C=O) groups is 2. The van der Waals surface area contributed by atoms with Gasteiger partial charge in [-0.15, -0.1) is 11.3 Å². The molecule has 9 heteroatoms. The van der Waals surface area contributed by atoms with Gasteiger partial charge in [0, 0.05) is 22.9 Å². The zero-order chi connectivity index (χ0) is 23.4. The molecule has 1 amide bonds. The molecule has 0 saturated carbocycles. The van der Waals surface area contributed by atoms with E-state index in [0.29, 0.717) is 5.69 Å². The highest BCUT2D eigenvalue weighted by molar-refractivity contribution is 7.21. The standard InChI is InChI=1S/C24H19N3O5S/c1-15-6-11-19-21(12-15)33-24(26-19)16-7-9-18(10-8-16)25-22(28)14-32-23(29)13-17-4-2-3-5-20(17)27(30)31/h2-12H,13-14H2,1H3,(H,25,28). The molecule has 0 saturated heterocycles. The molecule has 0 spiro atoms. The van der Waals surface area contributed by atoms with Crippen molar-refractivity contribution in [3.63, 3.8) is 0 Å². The first-order valence-corrected chi connectivity index (χ1v) is 10.9. The lowest BCUT2D eigenvalue weighted by atomic mass is 10.1. The molecule has 0 bridgehead atoms. The Morgan fingerprint density at radius 1 is 1.09 bits per heavy atom. The van der Waals surface area contributed by atoms with Gasteiger partial charge < -0.3 is 10.1 Å². The normalized spacial score (nSPS) is 10.7. The molecule has 4 rings (SSSR count). The summed E-state index contributed by atoms with van der Waals surface area (Å²) in [4.78, 5) is 39.3. The molecule has 0 aliphatic rings. The molecular weight excluding hydrogens is 442 g/mol. The maximum atomic E-state index is 12.1. The van der Waals surface area contributed by atoms with E-state index in [9.17, 15) is 19.7 Å². The number of carbonyl (C=O) groups excluding carboxylic acids is 2. The van der Waals surface area contributed by atoms with Gasteiger partial charge in [0.1, 0.15) is 5.01 Å². The third-order valence-corrected chi connectivity index (χ3v) is 5.91. The van der Waals surface area contributed by atoms with Crippen molar-refractivity contribution in [1.29, 1.82) is 0 Å². The number of esters is 1. The van der Waals surface area contributed by atoms with Crippen LogP contribution in [0.15, 0.2) is 66.7 Å². The van der Waals surface area contributed by atoms with Gasteiger partial charge in [-0.3, -0.25) is 19.7 Å². The number of rotatable bonds is 7. The molecule has 4 aromatic rings. The van der Waals surface area contributed by atoms with Gasteiger partial charge in [-0.2, -0.15) is 0 Å². The van der Waals surface area contributed by atoms with Gasteiger partial charge >= 0.3 is 5.97 Å². The minimum atomic E-state index is -0.721.